The number of thioether (sulfide) groups is 1. The fraction of sp³-hybridized carbons (Fsp3) is 0.234. The molecule has 8 aromatic rings. The summed E-state index contributed by atoms with van der Waals surface area (Å²) in [7, 11) is 0. The Balaban J connectivity index is 0.000000154. The van der Waals surface area contributed by atoms with Crippen LogP contribution in [0.2, 0.25) is 0 Å². The summed E-state index contributed by atoms with van der Waals surface area (Å²) in [6.45, 7) is 4.29. The molecular weight excluding hydrogens is 829 g/mol. The lowest BCUT2D eigenvalue weighted by molar-refractivity contribution is 0.0439. The van der Waals surface area contributed by atoms with E-state index in [-0.39, 0.29) is 11.1 Å². The summed E-state index contributed by atoms with van der Waals surface area (Å²) >= 11 is 1.42. The maximum Gasteiger partial charge on any atom is 0.278 e. The number of fused-ring (bicyclic) bond motifs is 12. The molecule has 326 valence electrons. The van der Waals surface area contributed by atoms with E-state index >= 15 is 0 Å². The summed E-state index contributed by atoms with van der Waals surface area (Å²) in [5, 5.41) is 26.3. The predicted molar refractivity (Wildman–Crippen MR) is 250 cm³/mol. The molecule has 2 aliphatic heterocycles. The molecule has 0 aliphatic carbocycles. The number of aromatic nitrogens is 10. The molecule has 2 aliphatic rings. The van der Waals surface area contributed by atoms with Gasteiger partial charge in [0.1, 0.15) is 22.0 Å². The Labute approximate surface area is 372 Å². The first kappa shape index (κ1) is 43.4. The van der Waals surface area contributed by atoms with Gasteiger partial charge in [-0.2, -0.15) is 4.98 Å². The average Bonchev–Trinajstić information content (AvgIpc) is 3.73. The standard InChI is InChI=1S/C23H22N6O2.C18H19N5O2S.C6H7N/c1-23(31)13-6-3-7-14-28-21(30)17-15-24-22(25-16-9-4-2-5-10-16)27-20(17)29(28)19-12-8-11-18(23)26-19;1-18(25)9-4-3-5-10-22-16(24)12-11-19-17(26-2)21-15(12)23(22)14-8-6-7-13(18)20-14;7-6-4-2-1-3-5-6/h2-5,7-12,15,31H,6,13-14H2,1H3,(H,24,25,27);3,5-8,11,25H,4,9-10H2,1-2H3;1-5H,7H2/b7-3-;5-3-;/t23-;18-;/m11./s1. The van der Waals surface area contributed by atoms with Gasteiger partial charge in [0.2, 0.25) is 5.95 Å². The summed E-state index contributed by atoms with van der Waals surface area (Å²) in [6.07, 6.45) is 15.3. The fourth-order valence-electron chi connectivity index (χ4n) is 7.35. The topological polar surface area (TPSA) is 210 Å². The first-order valence-corrected chi connectivity index (χ1v) is 22.0. The lowest BCUT2D eigenvalue weighted by atomic mass is 9.95. The molecule has 0 fully saturated rings. The molecule has 64 heavy (non-hydrogen) atoms. The van der Waals surface area contributed by atoms with Crippen LogP contribution in [0.4, 0.5) is 17.3 Å². The van der Waals surface area contributed by atoms with Gasteiger partial charge in [0.25, 0.3) is 11.1 Å². The number of para-hydroxylation sites is 2. The third-order valence-corrected chi connectivity index (χ3v) is 11.4. The summed E-state index contributed by atoms with van der Waals surface area (Å²) in [5.74, 6) is 1.45. The van der Waals surface area contributed by atoms with Crippen LogP contribution in [-0.4, -0.2) is 65.1 Å². The SMILES string of the molecule is CSc1ncc2c(=O)n3n(c2n1)-c1cccc(n1)[C@](C)(O)CC/C=C\C3.C[C@@]1(O)CC/C=C\Cn2c(=O)c3cnc(Nc4ccccc4)nc3n2-c2cccc1n2.Nc1ccccc1. The van der Waals surface area contributed by atoms with E-state index in [1.54, 1.807) is 51.0 Å². The van der Waals surface area contributed by atoms with Crippen molar-refractivity contribution in [1.82, 2.24) is 48.6 Å². The van der Waals surface area contributed by atoms with E-state index in [9.17, 15) is 19.8 Å². The average molecular weight is 877 g/mol. The summed E-state index contributed by atoms with van der Waals surface area (Å²) in [4.78, 5) is 53.1. The van der Waals surface area contributed by atoms with Crippen LogP contribution in [0.3, 0.4) is 0 Å². The summed E-state index contributed by atoms with van der Waals surface area (Å²) < 4.78 is 6.61. The van der Waals surface area contributed by atoms with Gasteiger partial charge in [-0.1, -0.05) is 84.6 Å². The third-order valence-electron chi connectivity index (χ3n) is 10.8. The molecule has 10 rings (SSSR count). The molecular formula is C47H48N12O4S. The number of nitrogens with zero attached hydrogens (tertiary/aromatic N) is 10. The molecule has 8 heterocycles. The van der Waals surface area contributed by atoms with Crippen LogP contribution in [0, 0.1) is 0 Å². The van der Waals surface area contributed by atoms with Gasteiger partial charge in [0.15, 0.2) is 28.1 Å². The largest absolute Gasteiger partial charge is 0.399 e. The van der Waals surface area contributed by atoms with Crippen LogP contribution in [0.1, 0.15) is 50.9 Å². The van der Waals surface area contributed by atoms with Crippen LogP contribution in [0.15, 0.2) is 149 Å². The molecule has 0 unspecified atom stereocenters. The molecule has 6 aromatic heterocycles. The maximum atomic E-state index is 13.1. The zero-order valence-electron chi connectivity index (χ0n) is 35.6. The van der Waals surface area contributed by atoms with E-state index in [0.717, 1.165) is 11.4 Å². The molecule has 0 spiro atoms. The van der Waals surface area contributed by atoms with E-state index in [1.807, 2.05) is 122 Å². The van der Waals surface area contributed by atoms with Crippen LogP contribution < -0.4 is 22.2 Å². The van der Waals surface area contributed by atoms with Crippen LogP contribution >= 0.6 is 11.8 Å². The highest BCUT2D eigenvalue weighted by Crippen LogP contribution is 2.29. The predicted octanol–water partition coefficient (Wildman–Crippen LogP) is 6.80. The third kappa shape index (κ3) is 9.27. The first-order valence-electron chi connectivity index (χ1n) is 20.8. The number of anilines is 3. The number of nitrogens with one attached hydrogen (secondary N) is 1. The van der Waals surface area contributed by atoms with Gasteiger partial charge >= 0.3 is 0 Å². The van der Waals surface area contributed by atoms with E-state index in [1.165, 1.54) is 11.8 Å². The molecule has 0 saturated heterocycles. The van der Waals surface area contributed by atoms with Crippen molar-refractivity contribution in [3.8, 4) is 11.6 Å². The number of aliphatic hydroxyl groups is 2. The fourth-order valence-corrected chi connectivity index (χ4v) is 7.69. The Morgan fingerprint density at radius 3 is 1.62 bits per heavy atom. The van der Waals surface area contributed by atoms with Crippen molar-refractivity contribution in [2.45, 2.75) is 69.0 Å². The second-order valence-electron chi connectivity index (χ2n) is 15.7. The monoisotopic (exact) mass is 876 g/mol. The highest BCUT2D eigenvalue weighted by Gasteiger charge is 2.28. The lowest BCUT2D eigenvalue weighted by Gasteiger charge is -2.22. The van der Waals surface area contributed by atoms with E-state index < -0.39 is 11.2 Å². The number of hydrogen-bond acceptors (Lipinski definition) is 13. The van der Waals surface area contributed by atoms with Gasteiger partial charge < -0.3 is 21.3 Å². The molecule has 5 N–H and O–H groups in total. The molecule has 16 nitrogen and oxygen atoms in total. The molecule has 0 saturated carbocycles. The highest BCUT2D eigenvalue weighted by molar-refractivity contribution is 7.98. The van der Waals surface area contributed by atoms with E-state index in [2.05, 4.69) is 30.2 Å². The number of benzene rings is 2. The minimum Gasteiger partial charge on any atom is -0.399 e. The van der Waals surface area contributed by atoms with E-state index in [0.29, 0.717) is 95.0 Å². The van der Waals surface area contributed by atoms with Gasteiger partial charge in [-0.15, -0.1) is 0 Å². The smallest absolute Gasteiger partial charge is 0.278 e. The summed E-state index contributed by atoms with van der Waals surface area (Å²) in [6, 6.07) is 30.0. The number of nitrogens with two attached hydrogens (primary N) is 1. The number of rotatable bonds is 3. The van der Waals surface area contributed by atoms with Crippen molar-refractivity contribution in [2.75, 3.05) is 17.3 Å². The maximum absolute atomic E-state index is 13.1. The van der Waals surface area contributed by atoms with Crippen molar-refractivity contribution < 1.29 is 10.2 Å². The number of allylic oxidation sites excluding steroid dienone is 4. The van der Waals surface area contributed by atoms with E-state index in [4.69, 9.17) is 10.7 Å². The van der Waals surface area contributed by atoms with Crippen molar-refractivity contribution in [3.63, 3.8) is 0 Å². The second kappa shape index (κ2) is 18.6. The summed E-state index contributed by atoms with van der Waals surface area (Å²) in [5.41, 5.74) is 6.66. The quantitative estimate of drug-likeness (QED) is 0.0624. The van der Waals surface area contributed by atoms with Crippen LogP contribution in [0.5, 0.6) is 0 Å². The van der Waals surface area contributed by atoms with Gasteiger partial charge in [0.05, 0.1) is 24.5 Å². The normalized spacial score (nSPS) is 19.0. The molecule has 0 radical (unpaired) electrons. The molecule has 4 bridgehead atoms. The van der Waals surface area contributed by atoms with Crippen LogP contribution in [-0.2, 0) is 24.3 Å². The Morgan fingerprint density at radius 2 is 1.12 bits per heavy atom. The van der Waals surface area contributed by atoms with Gasteiger partial charge in [-0.05, 0) is 94.3 Å². The molecule has 17 heteroatoms. The van der Waals surface area contributed by atoms with Gasteiger partial charge in [-0.25, -0.2) is 43.6 Å². The first-order chi connectivity index (χ1) is 30.9. The molecule has 2 aromatic carbocycles. The molecule has 2 atom stereocenters. The minimum atomic E-state index is -1.08. The Bertz CT molecular complexity index is 3100. The lowest BCUT2D eigenvalue weighted by Crippen LogP contribution is -2.24. The number of nitrogen functional groups attached to an aromatic ring is 1. The highest BCUT2D eigenvalue weighted by atomic mass is 32.2. The van der Waals surface area contributed by atoms with Crippen molar-refractivity contribution >= 4 is 51.2 Å². The van der Waals surface area contributed by atoms with Crippen LogP contribution in [0.25, 0.3) is 33.7 Å². The van der Waals surface area contributed by atoms with Crippen molar-refractivity contribution in [1.29, 1.82) is 0 Å². The van der Waals surface area contributed by atoms with Crippen molar-refractivity contribution in [2.24, 2.45) is 0 Å². The van der Waals surface area contributed by atoms with Gasteiger partial charge in [0, 0.05) is 23.8 Å². The Hall–Kier alpha value is -7.21. The Morgan fingerprint density at radius 1 is 0.625 bits per heavy atom. The second-order valence-corrected chi connectivity index (χ2v) is 16.4. The Kier molecular flexibility index (Phi) is 12.7. The zero-order valence-corrected chi connectivity index (χ0v) is 36.4. The van der Waals surface area contributed by atoms with Crippen molar-refractivity contribution in [3.05, 3.63) is 166 Å². The minimum absolute atomic E-state index is 0.157. The molecule has 0 amide bonds. The number of hydrogen-bond donors (Lipinski definition) is 4. The number of pyridine rings is 2. The zero-order chi connectivity index (χ0) is 44.8. The van der Waals surface area contributed by atoms with Gasteiger partial charge in [-0.3, -0.25) is 9.59 Å².